The molecule has 0 aliphatic rings. The number of carbonyl (C=O) groups excluding carboxylic acids is 1. The number of amides is 2. The minimum absolute atomic E-state index is 0.0187. The van der Waals surface area contributed by atoms with Gasteiger partial charge in [0.15, 0.2) is 0 Å². The number of hydrogen-bond acceptors (Lipinski definition) is 2. The molecule has 2 aromatic carbocycles. The maximum absolute atomic E-state index is 11.8. The second kappa shape index (κ2) is 5.82. The highest BCUT2D eigenvalue weighted by Gasteiger charge is 2.09. The number of aromatic hydroxyl groups is 1. The molecule has 0 aromatic heterocycles. The van der Waals surface area contributed by atoms with Crippen molar-refractivity contribution in [3.05, 3.63) is 52.5 Å². The fourth-order valence-electron chi connectivity index (χ4n) is 1.46. The van der Waals surface area contributed by atoms with E-state index < -0.39 is 6.03 Å². The highest BCUT2D eigenvalue weighted by molar-refractivity contribution is 6.44. The monoisotopic (exact) mass is 296 g/mol. The van der Waals surface area contributed by atoms with Gasteiger partial charge in [-0.05, 0) is 24.3 Å². The van der Waals surface area contributed by atoms with Crippen molar-refractivity contribution in [3.63, 3.8) is 0 Å². The van der Waals surface area contributed by atoms with Crippen LogP contribution < -0.4 is 10.6 Å². The van der Waals surface area contributed by atoms with Crippen molar-refractivity contribution in [2.45, 2.75) is 0 Å². The number of anilines is 2. The Morgan fingerprint density at radius 3 is 2.32 bits per heavy atom. The molecule has 0 saturated carbocycles. The van der Waals surface area contributed by atoms with Gasteiger partial charge >= 0.3 is 6.03 Å². The molecule has 0 saturated heterocycles. The van der Waals surface area contributed by atoms with Gasteiger partial charge in [0, 0.05) is 0 Å². The van der Waals surface area contributed by atoms with E-state index in [4.69, 9.17) is 23.2 Å². The lowest BCUT2D eigenvalue weighted by molar-refractivity contribution is 0.262. The number of phenolic OH excluding ortho intramolecular Hbond substituents is 1. The van der Waals surface area contributed by atoms with Gasteiger partial charge in [-0.2, -0.15) is 0 Å². The average Bonchev–Trinajstić information content (AvgIpc) is 2.38. The molecule has 3 N–H and O–H groups in total. The van der Waals surface area contributed by atoms with Crippen LogP contribution in [0.3, 0.4) is 0 Å². The number of carbonyl (C=O) groups is 1. The summed E-state index contributed by atoms with van der Waals surface area (Å²) in [4.78, 5) is 11.8. The van der Waals surface area contributed by atoms with Crippen molar-refractivity contribution in [2.24, 2.45) is 0 Å². The Bertz CT molecular complexity index is 617. The Morgan fingerprint density at radius 1 is 0.947 bits per heavy atom. The molecule has 0 atom stereocenters. The van der Waals surface area contributed by atoms with Crippen LogP contribution in [-0.2, 0) is 0 Å². The lowest BCUT2D eigenvalue weighted by atomic mass is 10.3. The van der Waals surface area contributed by atoms with Gasteiger partial charge in [0.25, 0.3) is 0 Å². The highest BCUT2D eigenvalue weighted by atomic mass is 35.5. The molecule has 0 spiro atoms. The van der Waals surface area contributed by atoms with E-state index in [9.17, 15) is 9.90 Å². The second-order valence-corrected chi connectivity index (χ2v) is 4.48. The SMILES string of the molecule is O=C(Nc1ccccc1O)Nc1cccc(Cl)c1Cl. The Morgan fingerprint density at radius 2 is 1.58 bits per heavy atom. The van der Waals surface area contributed by atoms with Crippen molar-refractivity contribution in [2.75, 3.05) is 10.6 Å². The predicted octanol–water partition coefficient (Wildman–Crippen LogP) is 4.34. The molecule has 98 valence electrons. The summed E-state index contributed by atoms with van der Waals surface area (Å²) in [6, 6.07) is 10.8. The topological polar surface area (TPSA) is 61.4 Å². The number of para-hydroxylation sites is 2. The van der Waals surface area contributed by atoms with Crippen molar-refractivity contribution < 1.29 is 9.90 Å². The van der Waals surface area contributed by atoms with E-state index in [2.05, 4.69) is 10.6 Å². The van der Waals surface area contributed by atoms with E-state index in [1.807, 2.05) is 0 Å². The van der Waals surface area contributed by atoms with Crippen LogP contribution in [0, 0.1) is 0 Å². The van der Waals surface area contributed by atoms with Crippen molar-refractivity contribution >= 4 is 40.6 Å². The van der Waals surface area contributed by atoms with Crippen molar-refractivity contribution in [1.29, 1.82) is 0 Å². The molecule has 4 nitrogen and oxygen atoms in total. The first-order valence-corrected chi connectivity index (χ1v) is 6.13. The molecule has 0 aliphatic carbocycles. The summed E-state index contributed by atoms with van der Waals surface area (Å²) < 4.78 is 0. The van der Waals surface area contributed by atoms with Gasteiger partial charge in [0.2, 0.25) is 0 Å². The van der Waals surface area contributed by atoms with Crippen LogP contribution >= 0.6 is 23.2 Å². The van der Waals surface area contributed by atoms with Gasteiger partial charge in [-0.15, -0.1) is 0 Å². The normalized spacial score (nSPS) is 10.0. The number of rotatable bonds is 2. The number of urea groups is 1. The van der Waals surface area contributed by atoms with Crippen molar-refractivity contribution in [1.82, 2.24) is 0 Å². The standard InChI is InChI=1S/C13H10Cl2N2O2/c14-8-4-3-6-10(12(8)15)17-13(19)16-9-5-1-2-7-11(9)18/h1-7,18H,(H2,16,17,19). The summed E-state index contributed by atoms with van der Waals surface area (Å²) in [7, 11) is 0. The summed E-state index contributed by atoms with van der Waals surface area (Å²) in [6.45, 7) is 0. The Kier molecular flexibility index (Phi) is 4.14. The third-order valence-corrected chi connectivity index (χ3v) is 3.17. The van der Waals surface area contributed by atoms with Gasteiger partial charge in [-0.3, -0.25) is 0 Å². The predicted molar refractivity (Wildman–Crippen MR) is 77.2 cm³/mol. The van der Waals surface area contributed by atoms with Gasteiger partial charge in [-0.1, -0.05) is 41.4 Å². The highest BCUT2D eigenvalue weighted by Crippen LogP contribution is 2.29. The number of hydrogen-bond donors (Lipinski definition) is 3. The second-order valence-electron chi connectivity index (χ2n) is 3.70. The van der Waals surface area contributed by atoms with E-state index in [0.29, 0.717) is 16.4 Å². The third kappa shape index (κ3) is 3.30. The first-order chi connectivity index (χ1) is 9.08. The zero-order chi connectivity index (χ0) is 13.8. The molecule has 0 unspecified atom stereocenters. The molecule has 6 heteroatoms. The van der Waals surface area contributed by atoms with Crippen LogP contribution in [0.25, 0.3) is 0 Å². The fourth-order valence-corrected chi connectivity index (χ4v) is 1.80. The molecule has 0 bridgehead atoms. The number of halogens is 2. The van der Waals surface area contributed by atoms with Crippen LogP contribution in [0.4, 0.5) is 16.2 Å². The molecular weight excluding hydrogens is 287 g/mol. The summed E-state index contributed by atoms with van der Waals surface area (Å²) in [6.07, 6.45) is 0. The van der Waals surface area contributed by atoms with E-state index in [1.54, 1.807) is 36.4 Å². The molecule has 2 amide bonds. The summed E-state index contributed by atoms with van der Waals surface area (Å²) >= 11 is 11.8. The minimum atomic E-state index is -0.523. The molecule has 0 radical (unpaired) electrons. The maximum atomic E-state index is 11.8. The number of benzene rings is 2. The summed E-state index contributed by atoms with van der Waals surface area (Å²) in [5.41, 5.74) is 0.695. The first kappa shape index (κ1) is 13.5. The van der Waals surface area contributed by atoms with E-state index in [1.165, 1.54) is 6.07 Å². The zero-order valence-corrected chi connectivity index (χ0v) is 11.2. The average molecular weight is 297 g/mol. The largest absolute Gasteiger partial charge is 0.506 e. The quantitative estimate of drug-likeness (QED) is 0.722. The van der Waals surface area contributed by atoms with Gasteiger partial charge in [0.05, 0.1) is 21.4 Å². The third-order valence-electron chi connectivity index (χ3n) is 2.35. The molecule has 0 aliphatic heterocycles. The van der Waals surface area contributed by atoms with E-state index in [-0.39, 0.29) is 10.8 Å². The lowest BCUT2D eigenvalue weighted by Gasteiger charge is -2.10. The Labute approximate surface area is 120 Å². The summed E-state index contributed by atoms with van der Waals surface area (Å²) in [5, 5.41) is 15.2. The van der Waals surface area contributed by atoms with Crippen molar-refractivity contribution in [3.8, 4) is 5.75 Å². The Hall–Kier alpha value is -1.91. The number of phenols is 1. The van der Waals surface area contributed by atoms with E-state index in [0.717, 1.165) is 0 Å². The van der Waals surface area contributed by atoms with Crippen LogP contribution in [0.15, 0.2) is 42.5 Å². The first-order valence-electron chi connectivity index (χ1n) is 5.38. The maximum Gasteiger partial charge on any atom is 0.323 e. The van der Waals surface area contributed by atoms with Crippen LogP contribution in [-0.4, -0.2) is 11.1 Å². The van der Waals surface area contributed by atoms with Crippen LogP contribution in [0.2, 0.25) is 10.0 Å². The zero-order valence-electron chi connectivity index (χ0n) is 9.65. The van der Waals surface area contributed by atoms with Gasteiger partial charge in [-0.25, -0.2) is 4.79 Å². The molecule has 0 fully saturated rings. The molecule has 19 heavy (non-hydrogen) atoms. The fraction of sp³-hybridized carbons (Fsp3) is 0. The smallest absolute Gasteiger partial charge is 0.323 e. The van der Waals surface area contributed by atoms with Gasteiger partial charge in [0.1, 0.15) is 5.75 Å². The lowest BCUT2D eigenvalue weighted by Crippen LogP contribution is -2.19. The molecule has 0 heterocycles. The summed E-state index contributed by atoms with van der Waals surface area (Å²) in [5.74, 6) is -0.0187. The van der Waals surface area contributed by atoms with Crippen LogP contribution in [0.1, 0.15) is 0 Å². The molecular formula is C13H10Cl2N2O2. The van der Waals surface area contributed by atoms with E-state index >= 15 is 0 Å². The molecule has 2 aromatic rings. The molecule has 2 rings (SSSR count). The van der Waals surface area contributed by atoms with Crippen LogP contribution in [0.5, 0.6) is 5.75 Å². The number of nitrogens with one attached hydrogen (secondary N) is 2. The Balaban J connectivity index is 2.10. The van der Waals surface area contributed by atoms with Gasteiger partial charge < -0.3 is 15.7 Å². The minimum Gasteiger partial charge on any atom is -0.506 e.